The molecule has 0 radical (unpaired) electrons. The molecule has 0 bridgehead atoms. The summed E-state index contributed by atoms with van der Waals surface area (Å²) in [5, 5.41) is 5.59. The van der Waals surface area contributed by atoms with Crippen LogP contribution in [0.25, 0.3) is 0 Å². The molecule has 1 aliphatic rings. The van der Waals surface area contributed by atoms with E-state index in [1.165, 1.54) is 5.56 Å². The van der Waals surface area contributed by atoms with E-state index in [0.29, 0.717) is 12.3 Å². The van der Waals surface area contributed by atoms with Gasteiger partial charge in [0.1, 0.15) is 4.34 Å². The maximum Gasteiger partial charge on any atom is 0.231 e. The summed E-state index contributed by atoms with van der Waals surface area (Å²) < 4.78 is 11.6. The quantitative estimate of drug-likeness (QED) is 0.549. The van der Waals surface area contributed by atoms with Gasteiger partial charge in [0.25, 0.3) is 0 Å². The summed E-state index contributed by atoms with van der Waals surface area (Å²) in [7, 11) is 0. The van der Waals surface area contributed by atoms with Gasteiger partial charge in [-0.2, -0.15) is 0 Å². The van der Waals surface area contributed by atoms with E-state index in [1.807, 2.05) is 47.8 Å². The number of carbonyl (C=O) groups is 1. The lowest BCUT2D eigenvalue weighted by atomic mass is 10.2. The number of hydrogen-bond acceptors (Lipinski definition) is 6. The van der Waals surface area contributed by atoms with Gasteiger partial charge in [-0.15, -0.1) is 11.3 Å². The number of thiazole rings is 1. The fraction of sp³-hybridized carbons (Fsp3) is 0.200. The maximum atomic E-state index is 12.2. The summed E-state index contributed by atoms with van der Waals surface area (Å²) in [6.45, 7) is 0.686. The predicted octanol–water partition coefficient (Wildman–Crippen LogP) is 4.68. The lowest BCUT2D eigenvalue weighted by Gasteiger charge is -2.05. The molecular weight excluding hydrogens is 416 g/mol. The molecule has 1 aromatic heterocycles. The standard InChI is InChI=1S/C20H17ClN2O3S2/c21-15-4-1-13(2-5-15)10-27-20-23-16(11-28-20)8-19(24)22-9-14-3-6-17-18(7-14)26-12-25-17/h1-7,11H,8-10,12H2,(H,22,24). The van der Waals surface area contributed by atoms with Crippen LogP contribution in [0, 0.1) is 0 Å². The van der Waals surface area contributed by atoms with Crippen LogP contribution >= 0.6 is 34.7 Å². The number of benzene rings is 2. The van der Waals surface area contributed by atoms with Gasteiger partial charge in [-0.25, -0.2) is 4.98 Å². The number of thioether (sulfide) groups is 1. The fourth-order valence-electron chi connectivity index (χ4n) is 2.64. The zero-order valence-electron chi connectivity index (χ0n) is 14.8. The number of nitrogens with one attached hydrogen (secondary N) is 1. The second-order valence-electron chi connectivity index (χ2n) is 6.16. The second kappa shape index (κ2) is 8.86. The van der Waals surface area contributed by atoms with Gasteiger partial charge in [0.05, 0.1) is 12.1 Å². The summed E-state index contributed by atoms with van der Waals surface area (Å²) >= 11 is 9.12. The molecule has 8 heteroatoms. The van der Waals surface area contributed by atoms with E-state index >= 15 is 0 Å². The minimum atomic E-state index is -0.0581. The van der Waals surface area contributed by atoms with Crippen molar-refractivity contribution in [3.8, 4) is 11.5 Å². The Kier molecular flexibility index (Phi) is 6.04. The molecule has 144 valence electrons. The van der Waals surface area contributed by atoms with Crippen molar-refractivity contribution in [2.24, 2.45) is 0 Å². The molecule has 4 rings (SSSR count). The van der Waals surface area contributed by atoms with Crippen LogP contribution < -0.4 is 14.8 Å². The first kappa shape index (κ1) is 19.1. The zero-order chi connectivity index (χ0) is 19.3. The average Bonchev–Trinajstić information content (AvgIpc) is 3.34. The van der Waals surface area contributed by atoms with Crippen molar-refractivity contribution in [1.29, 1.82) is 0 Å². The molecule has 1 amide bonds. The van der Waals surface area contributed by atoms with Crippen LogP contribution in [0.1, 0.15) is 16.8 Å². The molecule has 0 unspecified atom stereocenters. The van der Waals surface area contributed by atoms with E-state index in [1.54, 1.807) is 23.1 Å². The molecule has 2 heterocycles. The van der Waals surface area contributed by atoms with Crippen molar-refractivity contribution in [3.63, 3.8) is 0 Å². The molecule has 5 nitrogen and oxygen atoms in total. The molecule has 0 atom stereocenters. The molecule has 0 fully saturated rings. The van der Waals surface area contributed by atoms with Gasteiger partial charge >= 0.3 is 0 Å². The number of hydrogen-bond donors (Lipinski definition) is 1. The van der Waals surface area contributed by atoms with Crippen LogP contribution in [0.5, 0.6) is 11.5 Å². The van der Waals surface area contributed by atoms with Crippen molar-refractivity contribution < 1.29 is 14.3 Å². The molecule has 1 N–H and O–H groups in total. The lowest BCUT2D eigenvalue weighted by molar-refractivity contribution is -0.120. The Hall–Kier alpha value is -2.22. The Balaban J connectivity index is 1.25. The van der Waals surface area contributed by atoms with Gasteiger partial charge in [-0.1, -0.05) is 41.6 Å². The molecule has 0 aliphatic carbocycles. The predicted molar refractivity (Wildman–Crippen MR) is 111 cm³/mol. The van der Waals surface area contributed by atoms with Crippen LogP contribution in [0.15, 0.2) is 52.2 Å². The molecule has 28 heavy (non-hydrogen) atoms. The monoisotopic (exact) mass is 432 g/mol. The van der Waals surface area contributed by atoms with Gasteiger partial charge in [0.15, 0.2) is 11.5 Å². The SMILES string of the molecule is O=C(Cc1csc(SCc2ccc(Cl)cc2)n1)NCc1ccc2c(c1)OCO2. The summed E-state index contributed by atoms with van der Waals surface area (Å²) in [6, 6.07) is 13.4. The van der Waals surface area contributed by atoms with E-state index in [2.05, 4.69) is 10.3 Å². The smallest absolute Gasteiger partial charge is 0.231 e. The first-order valence-corrected chi connectivity index (χ1v) is 10.9. The Morgan fingerprint density at radius 2 is 1.93 bits per heavy atom. The summed E-state index contributed by atoms with van der Waals surface area (Å²) in [4.78, 5) is 16.8. The Labute approximate surface area is 176 Å². The summed E-state index contributed by atoms with van der Waals surface area (Å²) in [6.07, 6.45) is 0.266. The van der Waals surface area contributed by atoms with Crippen LogP contribution in [-0.2, 0) is 23.5 Å². The van der Waals surface area contributed by atoms with Crippen molar-refractivity contribution in [2.75, 3.05) is 6.79 Å². The Morgan fingerprint density at radius 3 is 2.79 bits per heavy atom. The maximum absolute atomic E-state index is 12.2. The number of halogens is 1. The molecule has 0 saturated carbocycles. The summed E-state index contributed by atoms with van der Waals surface area (Å²) in [5.74, 6) is 2.22. The van der Waals surface area contributed by atoms with E-state index in [-0.39, 0.29) is 19.1 Å². The largest absolute Gasteiger partial charge is 0.454 e. The van der Waals surface area contributed by atoms with Crippen molar-refractivity contribution in [2.45, 2.75) is 23.1 Å². The Bertz CT molecular complexity index is 976. The van der Waals surface area contributed by atoms with Gasteiger partial charge < -0.3 is 14.8 Å². The van der Waals surface area contributed by atoms with Crippen LogP contribution in [-0.4, -0.2) is 17.7 Å². The minimum absolute atomic E-state index is 0.0581. The normalized spacial score (nSPS) is 12.2. The molecule has 3 aromatic rings. The van der Waals surface area contributed by atoms with Crippen molar-refractivity contribution in [1.82, 2.24) is 10.3 Å². The lowest BCUT2D eigenvalue weighted by Crippen LogP contribution is -2.24. The van der Waals surface area contributed by atoms with Gasteiger partial charge in [-0.05, 0) is 35.4 Å². The number of nitrogens with zero attached hydrogens (tertiary/aromatic N) is 1. The van der Waals surface area contributed by atoms with Gasteiger partial charge in [-0.3, -0.25) is 4.79 Å². The minimum Gasteiger partial charge on any atom is -0.454 e. The third-order valence-electron chi connectivity index (χ3n) is 4.07. The molecule has 1 aliphatic heterocycles. The van der Waals surface area contributed by atoms with Crippen molar-refractivity contribution in [3.05, 3.63) is 69.7 Å². The van der Waals surface area contributed by atoms with E-state index < -0.39 is 0 Å². The number of amides is 1. The first-order valence-electron chi connectivity index (χ1n) is 8.62. The van der Waals surface area contributed by atoms with Gasteiger partial charge in [0, 0.05) is 22.7 Å². The second-order valence-corrected chi connectivity index (χ2v) is 8.68. The highest BCUT2D eigenvalue weighted by Gasteiger charge is 2.14. The number of rotatable bonds is 7. The number of fused-ring (bicyclic) bond motifs is 1. The topological polar surface area (TPSA) is 60.5 Å². The fourth-order valence-corrected chi connectivity index (χ4v) is 4.57. The highest BCUT2D eigenvalue weighted by atomic mass is 35.5. The third kappa shape index (κ3) is 4.98. The number of ether oxygens (including phenoxy) is 2. The average molecular weight is 433 g/mol. The third-order valence-corrected chi connectivity index (χ3v) is 6.47. The number of aromatic nitrogens is 1. The van der Waals surface area contributed by atoms with Gasteiger partial charge in [0.2, 0.25) is 12.7 Å². The molecule has 0 saturated heterocycles. The van der Waals surface area contributed by atoms with E-state index in [0.717, 1.165) is 32.1 Å². The number of carbonyl (C=O) groups excluding carboxylic acids is 1. The zero-order valence-corrected chi connectivity index (χ0v) is 17.2. The van der Waals surface area contributed by atoms with Crippen LogP contribution in [0.2, 0.25) is 5.02 Å². The van der Waals surface area contributed by atoms with E-state index in [4.69, 9.17) is 21.1 Å². The molecule has 0 spiro atoms. The van der Waals surface area contributed by atoms with Crippen LogP contribution in [0.3, 0.4) is 0 Å². The highest BCUT2D eigenvalue weighted by Crippen LogP contribution is 2.32. The molecule has 2 aromatic carbocycles. The molecular formula is C20H17ClN2O3S2. The van der Waals surface area contributed by atoms with Crippen LogP contribution in [0.4, 0.5) is 0 Å². The first-order chi connectivity index (χ1) is 13.7. The van der Waals surface area contributed by atoms with Crippen molar-refractivity contribution >= 4 is 40.6 Å². The Morgan fingerprint density at radius 1 is 1.14 bits per heavy atom. The van der Waals surface area contributed by atoms with E-state index in [9.17, 15) is 4.79 Å². The summed E-state index contributed by atoms with van der Waals surface area (Å²) in [5.41, 5.74) is 2.94. The highest BCUT2D eigenvalue weighted by molar-refractivity contribution is 8.00.